The van der Waals surface area contributed by atoms with E-state index >= 15 is 0 Å². The Hall–Kier alpha value is -1.37. The molecule has 1 heterocycles. The normalized spacial score (nSPS) is 11.6. The molecule has 0 radical (unpaired) electrons. The van der Waals surface area contributed by atoms with Gasteiger partial charge in [0.2, 0.25) is 0 Å². The van der Waals surface area contributed by atoms with Gasteiger partial charge in [0.15, 0.2) is 0 Å². The van der Waals surface area contributed by atoms with E-state index in [0.717, 1.165) is 12.8 Å². The highest BCUT2D eigenvalue weighted by Gasteiger charge is 1.89. The van der Waals surface area contributed by atoms with Gasteiger partial charge in [-0.05, 0) is 31.7 Å². The first-order chi connectivity index (χ1) is 9.33. The zero-order valence-corrected chi connectivity index (χ0v) is 13.6. The van der Waals surface area contributed by atoms with Crippen LogP contribution in [0.4, 0.5) is 0 Å². The van der Waals surface area contributed by atoms with E-state index in [0.29, 0.717) is 0 Å². The Balaban J connectivity index is 0. The first-order valence-electron chi connectivity index (χ1n) is 7.54. The highest BCUT2D eigenvalue weighted by atomic mass is 14.7. The van der Waals surface area contributed by atoms with Gasteiger partial charge in [-0.1, -0.05) is 70.5 Å². The lowest BCUT2D eigenvalue weighted by molar-refractivity contribution is 0.994. The molecule has 0 aliphatic carbocycles. The molecule has 0 fully saturated rings. The molecule has 2 rings (SSSR count). The average Bonchev–Trinajstić information content (AvgIpc) is 2.53. The lowest BCUT2D eigenvalue weighted by Gasteiger charge is -1.98. The lowest BCUT2D eigenvalue weighted by atomic mass is 10.2. The Bertz CT molecular complexity index is 323. The van der Waals surface area contributed by atoms with Gasteiger partial charge in [-0.2, -0.15) is 0 Å². The first-order valence-corrected chi connectivity index (χ1v) is 7.54. The molecule has 1 aromatic carbocycles. The Morgan fingerprint density at radius 2 is 1.58 bits per heavy atom. The molecule has 1 nitrogen and oxygen atoms in total. The van der Waals surface area contributed by atoms with Crippen LogP contribution >= 0.6 is 0 Å². The number of benzene rings is 1. The molecule has 1 aromatic rings. The van der Waals surface area contributed by atoms with E-state index < -0.39 is 0 Å². The third-order valence-corrected chi connectivity index (χ3v) is 2.32. The maximum Gasteiger partial charge on any atom is 0.0253 e. The fourth-order valence-electron chi connectivity index (χ4n) is 1.32. The highest BCUT2D eigenvalue weighted by molar-refractivity contribution is 5.59. The van der Waals surface area contributed by atoms with Gasteiger partial charge in [0.25, 0.3) is 0 Å². The second-order valence-electron chi connectivity index (χ2n) is 3.68. The van der Waals surface area contributed by atoms with Crippen molar-refractivity contribution in [2.24, 2.45) is 4.99 Å². The molecule has 1 heteroatoms. The number of nitrogens with zero attached hydrogens (tertiary/aromatic N) is 1. The minimum atomic E-state index is 1.13. The van der Waals surface area contributed by atoms with Crippen LogP contribution < -0.4 is 0 Å². The Morgan fingerprint density at radius 3 is 1.84 bits per heavy atom. The van der Waals surface area contributed by atoms with Crippen LogP contribution in [0.3, 0.4) is 0 Å². The zero-order chi connectivity index (χ0) is 14.9. The predicted molar refractivity (Wildman–Crippen MR) is 90.0 cm³/mol. The molecule has 0 unspecified atom stereocenters. The number of hydrogen-bond donors (Lipinski definition) is 0. The summed E-state index contributed by atoms with van der Waals surface area (Å²) in [6, 6.07) is 10.5. The Morgan fingerprint density at radius 1 is 1.00 bits per heavy atom. The summed E-state index contributed by atoms with van der Waals surface area (Å²) in [5.41, 5.74) is 2.80. The summed E-state index contributed by atoms with van der Waals surface area (Å²) >= 11 is 0. The second kappa shape index (κ2) is 16.6. The van der Waals surface area contributed by atoms with Crippen molar-refractivity contribution in [3.63, 3.8) is 0 Å². The second-order valence-corrected chi connectivity index (χ2v) is 3.68. The number of rotatable bonds is 1. The number of allylic oxidation sites excluding steroid dienone is 1. The molecule has 1 aliphatic rings. The Kier molecular flexibility index (Phi) is 17.5. The monoisotopic (exact) mass is 261 g/mol. The van der Waals surface area contributed by atoms with E-state index in [1.165, 1.54) is 17.6 Å². The summed E-state index contributed by atoms with van der Waals surface area (Å²) in [6.45, 7) is 12.3. The van der Waals surface area contributed by atoms with Gasteiger partial charge in [-0.3, -0.25) is 4.99 Å². The van der Waals surface area contributed by atoms with Crippen LogP contribution in [0.2, 0.25) is 0 Å². The molecule has 0 N–H and O–H groups in total. The van der Waals surface area contributed by atoms with E-state index in [9.17, 15) is 0 Å². The molecular weight excluding hydrogens is 230 g/mol. The van der Waals surface area contributed by atoms with E-state index in [1.54, 1.807) is 0 Å². The van der Waals surface area contributed by atoms with Gasteiger partial charge in [0.05, 0.1) is 0 Å². The third kappa shape index (κ3) is 12.9. The van der Waals surface area contributed by atoms with Gasteiger partial charge in [0, 0.05) is 12.4 Å². The summed E-state index contributed by atoms with van der Waals surface area (Å²) in [5.74, 6) is 0. The number of aryl methyl sites for hydroxylation is 1. The summed E-state index contributed by atoms with van der Waals surface area (Å²) in [7, 11) is 0. The lowest BCUT2D eigenvalue weighted by Crippen LogP contribution is -1.83. The minimum Gasteiger partial charge on any atom is -0.269 e. The topological polar surface area (TPSA) is 12.4 Å². The molecule has 19 heavy (non-hydrogen) atoms. The van der Waals surface area contributed by atoms with Gasteiger partial charge in [-0.15, -0.1) is 0 Å². The molecule has 0 saturated carbocycles. The van der Waals surface area contributed by atoms with E-state index in [4.69, 9.17) is 0 Å². The summed E-state index contributed by atoms with van der Waals surface area (Å²) in [6.07, 6.45) is 7.34. The van der Waals surface area contributed by atoms with Crippen molar-refractivity contribution in [2.75, 3.05) is 0 Å². The van der Waals surface area contributed by atoms with Crippen molar-refractivity contribution in [3.8, 4) is 0 Å². The van der Waals surface area contributed by atoms with Crippen molar-refractivity contribution in [3.05, 3.63) is 47.7 Å². The van der Waals surface area contributed by atoms with Gasteiger partial charge in [-0.25, -0.2) is 0 Å². The van der Waals surface area contributed by atoms with Crippen molar-refractivity contribution in [1.82, 2.24) is 0 Å². The van der Waals surface area contributed by atoms with Crippen LogP contribution in [0, 0.1) is 0 Å². The molecule has 0 aromatic heterocycles. The highest BCUT2D eigenvalue weighted by Crippen LogP contribution is 2.05. The molecule has 108 valence electrons. The average molecular weight is 261 g/mol. The fraction of sp³-hybridized carbons (Fsp3) is 0.500. The molecular formula is C18H31N. The number of hydrogen-bond acceptors (Lipinski definition) is 1. The molecule has 0 bridgehead atoms. The van der Waals surface area contributed by atoms with Crippen LogP contribution in [0.1, 0.15) is 59.9 Å². The largest absolute Gasteiger partial charge is 0.269 e. The smallest absolute Gasteiger partial charge is 0.0253 e. The van der Waals surface area contributed by atoms with E-state index in [-0.39, 0.29) is 0 Å². The van der Waals surface area contributed by atoms with Gasteiger partial charge >= 0.3 is 0 Å². The predicted octanol–water partition coefficient (Wildman–Crippen LogP) is 6.06. The standard InChI is InChI=1S/C8H10.C6H9N.2C2H6/c1-2-8-6-4-3-5-7-8;1-6-3-2-4-7-5-6;2*1-2/h3-7H,2H2,1H3;4-5H,2-3H2,1H3;2*1-2H3. The summed E-state index contributed by atoms with van der Waals surface area (Å²) in [5, 5.41) is 0. The van der Waals surface area contributed by atoms with Gasteiger partial charge < -0.3 is 0 Å². The van der Waals surface area contributed by atoms with Crippen molar-refractivity contribution in [2.45, 2.75) is 60.8 Å². The summed E-state index contributed by atoms with van der Waals surface area (Å²) < 4.78 is 0. The van der Waals surface area contributed by atoms with Crippen LogP contribution in [0.5, 0.6) is 0 Å². The van der Waals surface area contributed by atoms with E-state index in [1.807, 2.05) is 46.2 Å². The summed E-state index contributed by atoms with van der Waals surface area (Å²) in [4.78, 5) is 3.97. The van der Waals surface area contributed by atoms with Crippen LogP contribution in [0.15, 0.2) is 47.1 Å². The third-order valence-electron chi connectivity index (χ3n) is 2.32. The molecule has 0 spiro atoms. The minimum absolute atomic E-state index is 1.13. The fourth-order valence-corrected chi connectivity index (χ4v) is 1.32. The number of aliphatic imine (C=N–C) groups is 1. The maximum absolute atomic E-state index is 3.97. The van der Waals surface area contributed by atoms with E-state index in [2.05, 4.69) is 43.1 Å². The SMILES string of the molecule is CC.CC.CC1=CN=CCC1.CCc1ccccc1. The van der Waals surface area contributed by atoms with Gasteiger partial charge in [0.1, 0.15) is 0 Å². The quantitative estimate of drug-likeness (QED) is 0.583. The molecule has 0 saturated heterocycles. The maximum atomic E-state index is 3.97. The molecule has 0 amide bonds. The van der Waals surface area contributed by atoms with Crippen LogP contribution in [-0.2, 0) is 6.42 Å². The van der Waals surface area contributed by atoms with Crippen molar-refractivity contribution in [1.29, 1.82) is 0 Å². The first kappa shape index (κ1) is 20.0. The molecule has 1 aliphatic heterocycles. The molecule has 0 atom stereocenters. The van der Waals surface area contributed by atoms with Crippen LogP contribution in [-0.4, -0.2) is 6.21 Å². The Labute approximate surface area is 120 Å². The van der Waals surface area contributed by atoms with Crippen molar-refractivity contribution >= 4 is 6.21 Å². The van der Waals surface area contributed by atoms with Crippen molar-refractivity contribution < 1.29 is 0 Å². The van der Waals surface area contributed by atoms with Crippen LogP contribution in [0.25, 0.3) is 0 Å². The zero-order valence-electron chi connectivity index (χ0n) is 13.6.